The summed E-state index contributed by atoms with van der Waals surface area (Å²) in [4.78, 5) is 1.04. The topological polar surface area (TPSA) is 3.24 Å². The lowest BCUT2D eigenvalue weighted by Gasteiger charge is -2.27. The molecule has 0 saturated heterocycles. The Bertz CT molecular complexity index is 3660. The van der Waals surface area contributed by atoms with Gasteiger partial charge in [0.1, 0.15) is 0 Å². The fourth-order valence-corrected chi connectivity index (χ4v) is 8.03. The van der Waals surface area contributed by atoms with Gasteiger partial charge in [0, 0.05) is 17.1 Å². The largest absolute Gasteiger partial charge is 0.310 e. The summed E-state index contributed by atoms with van der Waals surface area (Å²) in [6, 6.07) is 46.3. The van der Waals surface area contributed by atoms with E-state index in [4.69, 9.17) is 0 Å². The Hall–Kier alpha value is -7.74. The number of rotatable bonds is 7. The van der Waals surface area contributed by atoms with E-state index >= 15 is 0 Å². The van der Waals surface area contributed by atoms with Gasteiger partial charge in [-0.3, -0.25) is 0 Å². The van der Waals surface area contributed by atoms with E-state index in [2.05, 4.69) is 0 Å². The van der Waals surface area contributed by atoms with E-state index in [-0.39, 0.29) is 34.0 Å². The summed E-state index contributed by atoms with van der Waals surface area (Å²) in [5, 5.41) is 6.58. The average Bonchev–Trinajstić information content (AvgIpc) is 3.38. The van der Waals surface area contributed by atoms with Crippen LogP contribution in [-0.2, 0) is 0 Å². The van der Waals surface area contributed by atoms with E-state index in [1.165, 1.54) is 0 Å². The molecule has 0 aliphatic carbocycles. The number of hydrogen-bond acceptors (Lipinski definition) is 1. The van der Waals surface area contributed by atoms with Crippen molar-refractivity contribution in [1.82, 2.24) is 0 Å². The molecule has 11 rings (SSSR count). The van der Waals surface area contributed by atoms with Crippen LogP contribution in [0.2, 0.25) is 0 Å². The van der Waals surface area contributed by atoms with Crippen LogP contribution in [0.25, 0.3) is 87.6 Å². The Kier molecular flexibility index (Phi) is 6.15. The molecule has 0 aliphatic heterocycles. The van der Waals surface area contributed by atoms with E-state index in [1.54, 1.807) is 60.7 Å². The minimum absolute atomic E-state index is 0.00705. The van der Waals surface area contributed by atoms with Gasteiger partial charge in [-0.2, -0.15) is 0 Å². The van der Waals surface area contributed by atoms with E-state index < -0.39 is 71.8 Å². The van der Waals surface area contributed by atoms with E-state index in [1.807, 2.05) is 109 Å². The highest BCUT2D eigenvalue weighted by Crippen LogP contribution is 2.43. The van der Waals surface area contributed by atoms with Gasteiger partial charge in [0.2, 0.25) is 0 Å². The smallest absolute Gasteiger partial charge is 0.0651 e. The molecule has 11 aromatic rings. The highest BCUT2D eigenvalue weighted by molar-refractivity contribution is 6.15. The van der Waals surface area contributed by atoms with Crippen LogP contribution in [0, 0.1) is 0 Å². The SMILES string of the molecule is [2H]c1c(-c2ccccc2)c([2H])c(N(c2c([2H])c([2H])c(-c3cc4ccccc4c4ccccc34)c([2H])c2[2H])c2c([2H])c([2H])c(-c3cc4ccccc4c4ccccc34)c([2H])c2[2H])c([2H])c1-c1ccccc1. The van der Waals surface area contributed by atoms with E-state index in [0.29, 0.717) is 33.0 Å². The molecule has 0 heterocycles. The Morgan fingerprint density at radius 1 is 0.271 bits per heavy atom. The maximum Gasteiger partial charge on any atom is 0.0651 e. The number of anilines is 3. The molecule has 0 fully saturated rings. The maximum atomic E-state index is 10.0. The summed E-state index contributed by atoms with van der Waals surface area (Å²) >= 11 is 0. The molecule has 0 spiro atoms. The van der Waals surface area contributed by atoms with Crippen molar-refractivity contribution < 1.29 is 15.1 Å². The summed E-state index contributed by atoms with van der Waals surface area (Å²) < 4.78 is 108. The molecule has 0 radical (unpaired) electrons. The zero-order valence-electron chi connectivity index (χ0n) is 42.6. The van der Waals surface area contributed by atoms with Crippen LogP contribution < -0.4 is 4.90 Å². The van der Waals surface area contributed by atoms with Gasteiger partial charge in [-0.25, -0.2) is 0 Å². The molecule has 0 aliphatic rings. The van der Waals surface area contributed by atoms with E-state index in [9.17, 15) is 15.1 Å². The van der Waals surface area contributed by atoms with Gasteiger partial charge in [0.25, 0.3) is 0 Å². The molecule has 0 aromatic heterocycles. The third-order valence-corrected chi connectivity index (χ3v) is 10.8. The van der Waals surface area contributed by atoms with Crippen molar-refractivity contribution in [2.45, 2.75) is 0 Å². The third-order valence-electron chi connectivity index (χ3n) is 10.8. The molecule has 276 valence electrons. The summed E-state index contributed by atoms with van der Waals surface area (Å²) in [5.41, 5.74) is 0.539. The number of nitrogens with zero attached hydrogens (tertiary/aromatic N) is 1. The van der Waals surface area contributed by atoms with Gasteiger partial charge in [-0.15, -0.1) is 0 Å². The van der Waals surface area contributed by atoms with Gasteiger partial charge < -0.3 is 4.90 Å². The van der Waals surface area contributed by atoms with Gasteiger partial charge in [-0.05, 0) is 142 Å². The second-order valence-electron chi connectivity index (χ2n) is 14.4. The fraction of sp³-hybridized carbons (Fsp3) is 0. The number of fused-ring (bicyclic) bond motifs is 6. The molecule has 0 amide bonds. The van der Waals surface area contributed by atoms with Crippen LogP contribution in [0.1, 0.15) is 15.1 Å². The lowest BCUT2D eigenvalue weighted by molar-refractivity contribution is 1.28. The van der Waals surface area contributed by atoms with Crippen LogP contribution in [0.5, 0.6) is 0 Å². The van der Waals surface area contributed by atoms with E-state index in [0.717, 1.165) is 37.2 Å². The average molecular weight is 761 g/mol. The quantitative estimate of drug-likeness (QED) is 0.146. The molecule has 0 saturated carbocycles. The standard InChI is InChI=1S/C58H39N/c1-3-15-40(16-4-1)46-35-47(41-17-5-2-6-18-41)37-50(36-46)59(48-31-27-42(28-32-48)57-38-44-19-7-9-21-51(44)53-23-11-13-25-55(53)57)49-33-29-43(30-34-49)58-39-45-20-8-10-22-52(45)54-24-12-14-26-56(54)58/h1-39H/i27D,28D,29D,30D,31D,32D,33D,34D,35D,36D,37D. The first-order valence-electron chi connectivity index (χ1n) is 25.0. The van der Waals surface area contributed by atoms with Crippen LogP contribution in [0.4, 0.5) is 17.1 Å². The van der Waals surface area contributed by atoms with Crippen molar-refractivity contribution in [2.24, 2.45) is 0 Å². The lowest BCUT2D eigenvalue weighted by atomic mass is 9.93. The zero-order chi connectivity index (χ0) is 48.7. The molecule has 59 heavy (non-hydrogen) atoms. The lowest BCUT2D eigenvalue weighted by Crippen LogP contribution is -2.10. The monoisotopic (exact) mass is 760 g/mol. The molecular formula is C58H39N. The molecule has 0 bridgehead atoms. The molecule has 1 heteroatoms. The maximum absolute atomic E-state index is 10.0. The molecule has 11 aromatic carbocycles. The fourth-order valence-electron chi connectivity index (χ4n) is 8.03. The second-order valence-corrected chi connectivity index (χ2v) is 14.4. The van der Waals surface area contributed by atoms with Crippen molar-refractivity contribution in [2.75, 3.05) is 4.90 Å². The van der Waals surface area contributed by atoms with Crippen molar-refractivity contribution in [3.8, 4) is 44.5 Å². The molecule has 0 N–H and O–H groups in total. The number of benzene rings is 11. The second kappa shape index (κ2) is 14.6. The summed E-state index contributed by atoms with van der Waals surface area (Å²) in [6.45, 7) is 0. The Morgan fingerprint density at radius 2 is 0.627 bits per heavy atom. The highest BCUT2D eigenvalue weighted by Gasteiger charge is 2.18. The zero-order valence-corrected chi connectivity index (χ0v) is 31.6. The summed E-state index contributed by atoms with van der Waals surface area (Å²) in [5.74, 6) is 0. The predicted octanol–water partition coefficient (Wildman–Crippen LogP) is 16.4. The molecule has 0 unspecified atom stereocenters. The molecule has 1 nitrogen and oxygen atoms in total. The number of hydrogen-bond donors (Lipinski definition) is 0. The third kappa shape index (κ3) is 6.30. The van der Waals surface area contributed by atoms with Gasteiger partial charge in [-0.1, -0.05) is 182 Å². The normalized spacial score (nSPS) is 14.0. The predicted molar refractivity (Wildman–Crippen MR) is 253 cm³/mol. The van der Waals surface area contributed by atoms with Crippen molar-refractivity contribution >= 4 is 60.2 Å². The Morgan fingerprint density at radius 3 is 1.05 bits per heavy atom. The molecule has 0 atom stereocenters. The Labute approximate surface area is 360 Å². The first-order chi connectivity index (χ1) is 33.9. The summed E-state index contributed by atoms with van der Waals surface area (Å²) in [6.07, 6.45) is 0. The first-order valence-corrected chi connectivity index (χ1v) is 19.5. The van der Waals surface area contributed by atoms with Gasteiger partial charge >= 0.3 is 0 Å². The summed E-state index contributed by atoms with van der Waals surface area (Å²) in [7, 11) is 0. The highest BCUT2D eigenvalue weighted by atomic mass is 15.1. The van der Waals surface area contributed by atoms with Crippen LogP contribution in [0.3, 0.4) is 0 Å². The minimum Gasteiger partial charge on any atom is -0.310 e. The first kappa shape index (κ1) is 24.8. The van der Waals surface area contributed by atoms with Crippen LogP contribution >= 0.6 is 0 Å². The van der Waals surface area contributed by atoms with Gasteiger partial charge in [0.05, 0.1) is 15.1 Å². The minimum atomic E-state index is -0.606. The Balaban J connectivity index is 1.27. The van der Waals surface area contributed by atoms with Crippen molar-refractivity contribution in [3.63, 3.8) is 0 Å². The van der Waals surface area contributed by atoms with Crippen LogP contribution in [0.15, 0.2) is 236 Å². The van der Waals surface area contributed by atoms with Crippen LogP contribution in [-0.4, -0.2) is 0 Å². The van der Waals surface area contributed by atoms with Gasteiger partial charge in [0.15, 0.2) is 0 Å². The van der Waals surface area contributed by atoms with Crippen molar-refractivity contribution in [3.05, 3.63) is 236 Å². The van der Waals surface area contributed by atoms with Crippen molar-refractivity contribution in [1.29, 1.82) is 0 Å². The molecular weight excluding hydrogens is 711 g/mol.